The number of benzene rings is 2. The standard InChI is InChI=1S/C32H43N5O/c1-7-36(23(3)4)27-15-11-25(12-16-27)33-29-21-30(32(38)22-31(29)35-19-9-10-20-35)34-26-13-17-28(18-14-26)37(8-2)24(5)6/h11-18,21-24,34H,7-10,19-20H2,1-6H3. The summed E-state index contributed by atoms with van der Waals surface area (Å²) in [6.07, 6.45) is 5.95. The van der Waals surface area contributed by atoms with Gasteiger partial charge in [0.25, 0.3) is 0 Å². The van der Waals surface area contributed by atoms with Crippen LogP contribution in [-0.4, -0.2) is 54.7 Å². The molecule has 0 bridgehead atoms. The molecule has 38 heavy (non-hydrogen) atoms. The van der Waals surface area contributed by atoms with Gasteiger partial charge in [0.05, 0.1) is 22.8 Å². The van der Waals surface area contributed by atoms with Gasteiger partial charge in [-0.1, -0.05) is 0 Å². The Morgan fingerprint density at radius 2 is 1.34 bits per heavy atom. The summed E-state index contributed by atoms with van der Waals surface area (Å²) in [4.78, 5) is 25.2. The zero-order chi connectivity index (χ0) is 27.2. The van der Waals surface area contributed by atoms with Gasteiger partial charge in [0.15, 0.2) is 0 Å². The zero-order valence-electron chi connectivity index (χ0n) is 23.9. The van der Waals surface area contributed by atoms with E-state index < -0.39 is 0 Å². The second-order valence-corrected chi connectivity index (χ2v) is 10.6. The number of allylic oxidation sites excluding steroid dienone is 2. The van der Waals surface area contributed by atoms with E-state index in [1.54, 1.807) is 6.08 Å². The molecule has 0 saturated carbocycles. The highest BCUT2D eigenvalue weighted by molar-refractivity contribution is 6.23. The normalized spacial score (nSPS) is 16.8. The maximum atomic E-state index is 13.2. The highest BCUT2D eigenvalue weighted by Crippen LogP contribution is 2.27. The Morgan fingerprint density at radius 3 is 1.84 bits per heavy atom. The van der Waals surface area contributed by atoms with Gasteiger partial charge in [0.1, 0.15) is 0 Å². The van der Waals surface area contributed by atoms with Crippen LogP contribution in [0.2, 0.25) is 0 Å². The number of aliphatic imine (C=N–C) groups is 1. The average Bonchev–Trinajstić information content (AvgIpc) is 3.43. The smallest absolute Gasteiger partial charge is 0.204 e. The second-order valence-electron chi connectivity index (χ2n) is 10.6. The maximum absolute atomic E-state index is 13.2. The molecule has 0 atom stereocenters. The lowest BCUT2D eigenvalue weighted by Gasteiger charge is -2.28. The Bertz CT molecular complexity index is 1190. The minimum absolute atomic E-state index is 0.0156. The molecule has 0 unspecified atom stereocenters. The third-order valence-electron chi connectivity index (χ3n) is 7.36. The molecule has 2 aromatic carbocycles. The van der Waals surface area contributed by atoms with E-state index in [-0.39, 0.29) is 5.78 Å². The van der Waals surface area contributed by atoms with E-state index in [4.69, 9.17) is 4.99 Å². The summed E-state index contributed by atoms with van der Waals surface area (Å²) < 4.78 is 0. The van der Waals surface area contributed by atoms with Gasteiger partial charge < -0.3 is 20.0 Å². The first kappa shape index (κ1) is 27.5. The van der Waals surface area contributed by atoms with Crippen LogP contribution in [0.5, 0.6) is 0 Å². The summed E-state index contributed by atoms with van der Waals surface area (Å²) >= 11 is 0. The number of ketones is 1. The predicted molar refractivity (Wildman–Crippen MR) is 162 cm³/mol. The van der Waals surface area contributed by atoms with E-state index in [9.17, 15) is 4.79 Å². The number of rotatable bonds is 10. The molecule has 4 rings (SSSR count). The van der Waals surface area contributed by atoms with Gasteiger partial charge in [-0.2, -0.15) is 0 Å². The van der Waals surface area contributed by atoms with E-state index in [0.717, 1.165) is 61.8 Å². The van der Waals surface area contributed by atoms with Gasteiger partial charge in [-0.05, 0) is 109 Å². The molecule has 0 spiro atoms. The number of hydrogen-bond donors (Lipinski definition) is 1. The van der Waals surface area contributed by atoms with Crippen LogP contribution < -0.4 is 15.1 Å². The minimum atomic E-state index is -0.0156. The lowest BCUT2D eigenvalue weighted by molar-refractivity contribution is -0.111. The van der Waals surface area contributed by atoms with Gasteiger partial charge in [-0.3, -0.25) is 4.79 Å². The molecule has 1 aliphatic carbocycles. The quantitative estimate of drug-likeness (QED) is 0.355. The van der Waals surface area contributed by atoms with Gasteiger partial charge >= 0.3 is 0 Å². The molecule has 2 aliphatic rings. The van der Waals surface area contributed by atoms with Crippen LogP contribution >= 0.6 is 0 Å². The molecule has 1 saturated heterocycles. The summed E-state index contributed by atoms with van der Waals surface area (Å²) in [6.45, 7) is 17.0. The van der Waals surface area contributed by atoms with Crippen molar-refractivity contribution in [2.45, 2.75) is 66.5 Å². The van der Waals surface area contributed by atoms with Crippen molar-refractivity contribution in [1.29, 1.82) is 0 Å². The molecular weight excluding hydrogens is 470 g/mol. The number of likely N-dealkylation sites (tertiary alicyclic amines) is 1. The van der Waals surface area contributed by atoms with Crippen molar-refractivity contribution in [2.75, 3.05) is 41.3 Å². The lowest BCUT2D eigenvalue weighted by Crippen LogP contribution is -2.30. The molecule has 2 aromatic rings. The summed E-state index contributed by atoms with van der Waals surface area (Å²) in [7, 11) is 0. The van der Waals surface area contributed by atoms with Gasteiger partial charge in [-0.15, -0.1) is 0 Å². The van der Waals surface area contributed by atoms with Crippen molar-refractivity contribution in [2.24, 2.45) is 4.99 Å². The average molecular weight is 514 g/mol. The maximum Gasteiger partial charge on any atom is 0.204 e. The van der Waals surface area contributed by atoms with E-state index in [1.807, 2.05) is 18.2 Å². The second kappa shape index (κ2) is 12.3. The largest absolute Gasteiger partial charge is 0.370 e. The lowest BCUT2D eigenvalue weighted by atomic mass is 10.0. The van der Waals surface area contributed by atoms with Crippen LogP contribution in [-0.2, 0) is 4.79 Å². The fourth-order valence-corrected chi connectivity index (χ4v) is 5.40. The molecular formula is C32H43N5O. The number of carbonyl (C=O) groups excluding carboxylic acids is 1. The van der Waals surface area contributed by atoms with Crippen LogP contribution in [0.15, 0.2) is 77.1 Å². The molecule has 0 radical (unpaired) electrons. The molecule has 1 heterocycles. The van der Waals surface area contributed by atoms with E-state index in [0.29, 0.717) is 17.8 Å². The van der Waals surface area contributed by atoms with Crippen molar-refractivity contribution in [3.8, 4) is 0 Å². The van der Waals surface area contributed by atoms with Gasteiger partial charge in [0.2, 0.25) is 5.78 Å². The highest BCUT2D eigenvalue weighted by atomic mass is 16.1. The van der Waals surface area contributed by atoms with Crippen LogP contribution in [0, 0.1) is 0 Å². The number of nitrogens with one attached hydrogen (secondary N) is 1. The molecule has 202 valence electrons. The molecule has 1 aliphatic heterocycles. The first-order chi connectivity index (χ1) is 18.3. The van der Waals surface area contributed by atoms with Crippen LogP contribution in [0.4, 0.5) is 22.7 Å². The molecule has 6 heteroatoms. The van der Waals surface area contributed by atoms with E-state index >= 15 is 0 Å². The van der Waals surface area contributed by atoms with Crippen molar-refractivity contribution >= 4 is 34.2 Å². The highest BCUT2D eigenvalue weighted by Gasteiger charge is 2.25. The van der Waals surface area contributed by atoms with Crippen molar-refractivity contribution in [3.63, 3.8) is 0 Å². The van der Waals surface area contributed by atoms with Gasteiger partial charge in [0, 0.05) is 61.4 Å². The fraction of sp³-hybridized carbons (Fsp3) is 0.438. The molecule has 1 N–H and O–H groups in total. The van der Waals surface area contributed by atoms with Crippen LogP contribution in [0.3, 0.4) is 0 Å². The Morgan fingerprint density at radius 1 is 0.816 bits per heavy atom. The Balaban J connectivity index is 1.61. The number of anilines is 3. The number of hydrogen-bond acceptors (Lipinski definition) is 6. The Kier molecular flexibility index (Phi) is 8.93. The molecule has 6 nitrogen and oxygen atoms in total. The molecule has 0 amide bonds. The van der Waals surface area contributed by atoms with E-state index in [2.05, 4.69) is 98.0 Å². The topological polar surface area (TPSA) is 51.2 Å². The van der Waals surface area contributed by atoms with E-state index in [1.165, 1.54) is 11.4 Å². The summed E-state index contributed by atoms with van der Waals surface area (Å²) in [5, 5.41) is 3.36. The van der Waals surface area contributed by atoms with Gasteiger partial charge in [-0.25, -0.2) is 4.99 Å². The summed E-state index contributed by atoms with van der Waals surface area (Å²) in [6, 6.07) is 17.6. The SMILES string of the molecule is CCN(c1ccc(N=C2C=C(Nc3ccc(N(CC)C(C)C)cc3)C(=O)C=C2N2CCCC2)cc1)C(C)C. The number of nitrogens with zero attached hydrogens (tertiary/aromatic N) is 4. The number of carbonyl (C=O) groups is 1. The molecule has 1 fully saturated rings. The first-order valence-corrected chi connectivity index (χ1v) is 14.1. The predicted octanol–water partition coefficient (Wildman–Crippen LogP) is 6.79. The van der Waals surface area contributed by atoms with Crippen LogP contribution in [0.1, 0.15) is 54.4 Å². The third kappa shape index (κ3) is 6.29. The monoisotopic (exact) mass is 513 g/mol. The minimum Gasteiger partial charge on any atom is -0.370 e. The first-order valence-electron chi connectivity index (χ1n) is 14.1. The summed E-state index contributed by atoms with van der Waals surface area (Å²) in [5.41, 5.74) is 6.44. The summed E-state index contributed by atoms with van der Waals surface area (Å²) in [5.74, 6) is -0.0156. The Labute approximate surface area is 228 Å². The van der Waals surface area contributed by atoms with Crippen molar-refractivity contribution in [3.05, 3.63) is 72.1 Å². The fourth-order valence-electron chi connectivity index (χ4n) is 5.40. The third-order valence-corrected chi connectivity index (χ3v) is 7.36. The molecule has 0 aromatic heterocycles. The van der Waals surface area contributed by atoms with Crippen molar-refractivity contribution in [1.82, 2.24) is 4.90 Å². The van der Waals surface area contributed by atoms with Crippen LogP contribution in [0.25, 0.3) is 0 Å². The Hall–Kier alpha value is -3.54. The zero-order valence-corrected chi connectivity index (χ0v) is 23.9. The van der Waals surface area contributed by atoms with Crippen molar-refractivity contribution < 1.29 is 4.79 Å².